The van der Waals surface area contributed by atoms with Crippen LogP contribution in [0.1, 0.15) is 6.92 Å². The minimum Gasteiger partial charge on any atom is -0.374 e. The Bertz CT molecular complexity index is 444. The summed E-state index contributed by atoms with van der Waals surface area (Å²) >= 11 is 5.60. The molecule has 0 aliphatic heterocycles. The lowest BCUT2D eigenvalue weighted by molar-refractivity contribution is -0.138. The van der Waals surface area contributed by atoms with Crippen molar-refractivity contribution in [3.63, 3.8) is 0 Å². The SMILES string of the molecule is CC(Nc1cc(F)cc(Cl)c1)C(=O)NCC(F)(F)F. The molecule has 1 unspecified atom stereocenters. The highest BCUT2D eigenvalue weighted by molar-refractivity contribution is 6.30. The number of anilines is 1. The quantitative estimate of drug-likeness (QED) is 0.839. The molecule has 0 aliphatic rings. The van der Waals surface area contributed by atoms with Gasteiger partial charge in [-0.05, 0) is 25.1 Å². The normalized spacial score (nSPS) is 12.9. The third-order valence-corrected chi connectivity index (χ3v) is 2.32. The summed E-state index contributed by atoms with van der Waals surface area (Å²) in [5, 5.41) is 4.39. The molecule has 1 aromatic rings. The van der Waals surface area contributed by atoms with Gasteiger partial charge in [0.15, 0.2) is 0 Å². The summed E-state index contributed by atoms with van der Waals surface area (Å²) in [6.45, 7) is -0.0632. The number of carbonyl (C=O) groups excluding carboxylic acids is 1. The molecular formula is C11H11ClF4N2O. The molecular weight excluding hydrogens is 288 g/mol. The second-order valence-corrected chi connectivity index (χ2v) is 4.29. The molecule has 0 radical (unpaired) electrons. The van der Waals surface area contributed by atoms with Crippen LogP contribution in [0.2, 0.25) is 5.02 Å². The molecule has 8 heteroatoms. The van der Waals surface area contributed by atoms with Crippen LogP contribution >= 0.6 is 11.6 Å². The van der Waals surface area contributed by atoms with E-state index < -0.39 is 30.5 Å². The molecule has 2 N–H and O–H groups in total. The number of amides is 1. The van der Waals surface area contributed by atoms with E-state index in [2.05, 4.69) is 5.32 Å². The fraction of sp³-hybridized carbons (Fsp3) is 0.364. The van der Waals surface area contributed by atoms with Crippen LogP contribution in [0.4, 0.5) is 23.2 Å². The van der Waals surface area contributed by atoms with Gasteiger partial charge in [-0.2, -0.15) is 13.2 Å². The zero-order valence-corrected chi connectivity index (χ0v) is 10.6. The number of hydrogen-bond donors (Lipinski definition) is 2. The molecule has 1 amide bonds. The molecule has 1 atom stereocenters. The summed E-state index contributed by atoms with van der Waals surface area (Å²) in [5.41, 5.74) is 0.208. The predicted molar refractivity (Wildman–Crippen MR) is 63.6 cm³/mol. The molecule has 0 saturated carbocycles. The summed E-state index contributed by atoms with van der Waals surface area (Å²) in [4.78, 5) is 11.4. The highest BCUT2D eigenvalue weighted by atomic mass is 35.5. The molecule has 1 aromatic carbocycles. The monoisotopic (exact) mass is 298 g/mol. The molecule has 0 spiro atoms. The van der Waals surface area contributed by atoms with Gasteiger partial charge in [-0.3, -0.25) is 4.79 Å². The lowest BCUT2D eigenvalue weighted by atomic mass is 10.2. The molecule has 0 saturated heterocycles. The fourth-order valence-electron chi connectivity index (χ4n) is 1.29. The van der Waals surface area contributed by atoms with Crippen LogP contribution in [0.3, 0.4) is 0 Å². The highest BCUT2D eigenvalue weighted by Crippen LogP contribution is 2.19. The molecule has 0 heterocycles. The summed E-state index contributed by atoms with van der Waals surface area (Å²) < 4.78 is 48.7. The first-order valence-electron chi connectivity index (χ1n) is 5.24. The van der Waals surface area contributed by atoms with Crippen LogP contribution in [0.15, 0.2) is 18.2 Å². The Balaban J connectivity index is 2.58. The Morgan fingerprint density at radius 2 is 2.00 bits per heavy atom. The third kappa shape index (κ3) is 5.78. The largest absolute Gasteiger partial charge is 0.405 e. The van der Waals surface area contributed by atoms with Gasteiger partial charge in [0.25, 0.3) is 0 Å². The maximum Gasteiger partial charge on any atom is 0.405 e. The van der Waals surface area contributed by atoms with Crippen LogP contribution in [0.25, 0.3) is 0 Å². The smallest absolute Gasteiger partial charge is 0.374 e. The second-order valence-electron chi connectivity index (χ2n) is 3.86. The Morgan fingerprint density at radius 3 is 2.53 bits per heavy atom. The van der Waals surface area contributed by atoms with E-state index >= 15 is 0 Å². The van der Waals surface area contributed by atoms with E-state index in [1.807, 2.05) is 0 Å². The van der Waals surface area contributed by atoms with Crippen molar-refractivity contribution in [2.75, 3.05) is 11.9 Å². The maximum absolute atomic E-state index is 13.0. The number of halogens is 5. The van der Waals surface area contributed by atoms with E-state index in [0.29, 0.717) is 0 Å². The number of benzene rings is 1. The molecule has 106 valence electrons. The standard InChI is InChI=1S/C11H11ClF4N2O/c1-6(10(19)17-5-11(14,15)16)18-9-3-7(12)2-8(13)4-9/h2-4,6,18H,5H2,1H3,(H,17,19). The Kier molecular flexibility index (Phi) is 4.99. The van der Waals surface area contributed by atoms with Crippen molar-refractivity contribution in [1.29, 1.82) is 0 Å². The zero-order valence-electron chi connectivity index (χ0n) is 9.81. The average Bonchev–Trinajstić information content (AvgIpc) is 2.23. The van der Waals surface area contributed by atoms with Gasteiger partial charge in [0, 0.05) is 10.7 Å². The Morgan fingerprint density at radius 1 is 1.37 bits per heavy atom. The lowest BCUT2D eigenvalue weighted by Gasteiger charge is -2.16. The van der Waals surface area contributed by atoms with Crippen LogP contribution < -0.4 is 10.6 Å². The second kappa shape index (κ2) is 6.10. The van der Waals surface area contributed by atoms with Gasteiger partial charge >= 0.3 is 6.18 Å². The molecule has 0 aliphatic carbocycles. The van der Waals surface area contributed by atoms with Crippen molar-refractivity contribution in [1.82, 2.24) is 5.32 Å². The van der Waals surface area contributed by atoms with E-state index in [1.165, 1.54) is 13.0 Å². The minimum absolute atomic E-state index is 0.116. The van der Waals surface area contributed by atoms with Gasteiger partial charge in [0.2, 0.25) is 5.91 Å². The van der Waals surface area contributed by atoms with E-state index in [1.54, 1.807) is 5.32 Å². The summed E-state index contributed by atoms with van der Waals surface area (Å²) in [7, 11) is 0. The molecule has 3 nitrogen and oxygen atoms in total. The van der Waals surface area contributed by atoms with Crippen molar-refractivity contribution >= 4 is 23.2 Å². The van der Waals surface area contributed by atoms with Crippen LogP contribution in [0, 0.1) is 5.82 Å². The lowest BCUT2D eigenvalue weighted by Crippen LogP contribution is -2.42. The van der Waals surface area contributed by atoms with Gasteiger partial charge in [0.1, 0.15) is 18.4 Å². The van der Waals surface area contributed by atoms with E-state index in [0.717, 1.165) is 12.1 Å². The molecule has 0 aromatic heterocycles. The number of carbonyl (C=O) groups is 1. The van der Waals surface area contributed by atoms with Gasteiger partial charge < -0.3 is 10.6 Å². The number of nitrogens with one attached hydrogen (secondary N) is 2. The van der Waals surface area contributed by atoms with Crippen molar-refractivity contribution in [2.24, 2.45) is 0 Å². The molecule has 0 bridgehead atoms. The number of alkyl halides is 3. The summed E-state index contributed by atoms with van der Waals surface area (Å²) in [6, 6.07) is 2.55. The highest BCUT2D eigenvalue weighted by Gasteiger charge is 2.28. The van der Waals surface area contributed by atoms with Crippen molar-refractivity contribution in [3.8, 4) is 0 Å². The first kappa shape index (κ1) is 15.6. The average molecular weight is 299 g/mol. The molecule has 0 fully saturated rings. The van der Waals surface area contributed by atoms with Crippen LogP contribution in [-0.4, -0.2) is 24.7 Å². The van der Waals surface area contributed by atoms with Crippen molar-refractivity contribution in [3.05, 3.63) is 29.0 Å². The molecule has 1 rings (SSSR count). The summed E-state index contributed by atoms with van der Waals surface area (Å²) in [5.74, 6) is -1.46. The topological polar surface area (TPSA) is 41.1 Å². The maximum atomic E-state index is 13.0. The number of hydrogen-bond acceptors (Lipinski definition) is 2. The van der Waals surface area contributed by atoms with Crippen LogP contribution in [-0.2, 0) is 4.79 Å². The first-order chi connectivity index (χ1) is 8.67. The van der Waals surface area contributed by atoms with E-state index in [4.69, 9.17) is 11.6 Å². The zero-order chi connectivity index (χ0) is 14.6. The Hall–Kier alpha value is -1.50. The fourth-order valence-corrected chi connectivity index (χ4v) is 1.51. The van der Waals surface area contributed by atoms with Gasteiger partial charge in [-0.1, -0.05) is 11.6 Å². The van der Waals surface area contributed by atoms with Crippen molar-refractivity contribution in [2.45, 2.75) is 19.1 Å². The van der Waals surface area contributed by atoms with Crippen LogP contribution in [0.5, 0.6) is 0 Å². The van der Waals surface area contributed by atoms with Gasteiger partial charge in [0.05, 0.1) is 0 Å². The molecule has 19 heavy (non-hydrogen) atoms. The summed E-state index contributed by atoms with van der Waals surface area (Å²) in [6.07, 6.45) is -4.47. The predicted octanol–water partition coefficient (Wildman–Crippen LogP) is 2.96. The van der Waals surface area contributed by atoms with Gasteiger partial charge in [-0.25, -0.2) is 4.39 Å². The Labute approximate surface area is 111 Å². The first-order valence-corrected chi connectivity index (χ1v) is 5.62. The van der Waals surface area contributed by atoms with Gasteiger partial charge in [-0.15, -0.1) is 0 Å². The van der Waals surface area contributed by atoms with E-state index in [-0.39, 0.29) is 10.7 Å². The minimum atomic E-state index is -4.47. The third-order valence-electron chi connectivity index (χ3n) is 2.10. The van der Waals surface area contributed by atoms with Crippen molar-refractivity contribution < 1.29 is 22.4 Å². The number of rotatable bonds is 4. The van der Waals surface area contributed by atoms with E-state index in [9.17, 15) is 22.4 Å².